The van der Waals surface area contributed by atoms with Crippen LogP contribution >= 0.6 is 0 Å². The fourth-order valence-corrected chi connectivity index (χ4v) is 2.36. The number of allylic oxidation sites excluding steroid dienone is 3. The Balaban J connectivity index is 0.00000212. The third-order valence-corrected chi connectivity index (χ3v) is 3.78. The SMILES string of the molecule is C=C/C=C\C(=C/C)C(=O)Nc1ccc(CNc2ccccc2[N+](=O)[O-])cc1.CC.CC. The van der Waals surface area contributed by atoms with Crippen LogP contribution < -0.4 is 10.6 Å². The van der Waals surface area contributed by atoms with Crippen LogP contribution in [-0.4, -0.2) is 10.8 Å². The molecule has 0 aliphatic rings. The minimum absolute atomic E-state index is 0.0350. The Morgan fingerprint density at radius 3 is 2.23 bits per heavy atom. The van der Waals surface area contributed by atoms with Crippen LogP contribution in [-0.2, 0) is 11.3 Å². The Hall–Kier alpha value is -3.67. The maximum atomic E-state index is 12.2. The van der Waals surface area contributed by atoms with E-state index in [9.17, 15) is 14.9 Å². The van der Waals surface area contributed by atoms with Gasteiger partial charge in [0.05, 0.1) is 4.92 Å². The summed E-state index contributed by atoms with van der Waals surface area (Å²) in [6.07, 6.45) is 6.72. The van der Waals surface area contributed by atoms with E-state index in [4.69, 9.17) is 0 Å². The fourth-order valence-electron chi connectivity index (χ4n) is 2.36. The van der Waals surface area contributed by atoms with Gasteiger partial charge in [-0.3, -0.25) is 14.9 Å². The third-order valence-electron chi connectivity index (χ3n) is 3.78. The van der Waals surface area contributed by atoms with Crippen LogP contribution in [0.15, 0.2) is 85.0 Å². The molecule has 0 saturated carbocycles. The van der Waals surface area contributed by atoms with Crippen molar-refractivity contribution >= 4 is 23.0 Å². The Kier molecular flexibility index (Phi) is 14.2. The summed E-state index contributed by atoms with van der Waals surface area (Å²) in [6, 6.07) is 13.8. The number of rotatable bonds is 8. The van der Waals surface area contributed by atoms with Crippen LogP contribution in [0.4, 0.5) is 17.1 Å². The number of anilines is 2. The molecular formula is C25H33N3O3. The molecule has 0 aliphatic heterocycles. The maximum Gasteiger partial charge on any atom is 0.292 e. The first kappa shape index (κ1) is 27.3. The summed E-state index contributed by atoms with van der Waals surface area (Å²) in [5.41, 5.74) is 2.64. The van der Waals surface area contributed by atoms with Crippen LogP contribution in [0.25, 0.3) is 0 Å². The molecule has 2 N–H and O–H groups in total. The van der Waals surface area contributed by atoms with Crippen LogP contribution in [0.5, 0.6) is 0 Å². The molecule has 0 spiro atoms. The number of amides is 1. The normalized spacial score (nSPS) is 10.2. The van der Waals surface area contributed by atoms with E-state index in [1.54, 1.807) is 61.6 Å². The van der Waals surface area contributed by atoms with Gasteiger partial charge in [0.25, 0.3) is 11.6 Å². The van der Waals surface area contributed by atoms with Crippen molar-refractivity contribution in [2.45, 2.75) is 41.2 Å². The monoisotopic (exact) mass is 423 g/mol. The molecule has 6 nitrogen and oxygen atoms in total. The van der Waals surface area contributed by atoms with E-state index in [0.29, 0.717) is 23.5 Å². The van der Waals surface area contributed by atoms with E-state index in [0.717, 1.165) is 5.56 Å². The molecule has 166 valence electrons. The first-order valence-electron chi connectivity index (χ1n) is 10.4. The first-order valence-corrected chi connectivity index (χ1v) is 10.4. The smallest absolute Gasteiger partial charge is 0.292 e. The lowest BCUT2D eigenvalue weighted by molar-refractivity contribution is -0.384. The van der Waals surface area contributed by atoms with E-state index in [2.05, 4.69) is 17.2 Å². The van der Waals surface area contributed by atoms with Crippen LogP contribution in [0.3, 0.4) is 0 Å². The van der Waals surface area contributed by atoms with E-state index < -0.39 is 4.92 Å². The number of nitro benzene ring substituents is 1. The third kappa shape index (κ3) is 9.58. The quantitative estimate of drug-likeness (QED) is 0.210. The zero-order chi connectivity index (χ0) is 23.6. The number of carbonyl (C=O) groups excluding carboxylic acids is 1. The van der Waals surface area contributed by atoms with Gasteiger partial charge in [-0.25, -0.2) is 0 Å². The van der Waals surface area contributed by atoms with Gasteiger partial charge in [-0.2, -0.15) is 0 Å². The van der Waals surface area contributed by atoms with Gasteiger partial charge in [-0.05, 0) is 36.8 Å². The Labute approximate surface area is 185 Å². The van der Waals surface area contributed by atoms with Crippen molar-refractivity contribution in [2.24, 2.45) is 0 Å². The number of nitrogens with one attached hydrogen (secondary N) is 2. The zero-order valence-electron chi connectivity index (χ0n) is 19.0. The van der Waals surface area contributed by atoms with Gasteiger partial charge in [0.2, 0.25) is 0 Å². The van der Waals surface area contributed by atoms with Crippen molar-refractivity contribution in [1.29, 1.82) is 0 Å². The summed E-state index contributed by atoms with van der Waals surface area (Å²) in [5.74, 6) is -0.207. The van der Waals surface area contributed by atoms with Crippen LogP contribution in [0.1, 0.15) is 40.2 Å². The fraction of sp³-hybridized carbons (Fsp3) is 0.240. The molecule has 0 bridgehead atoms. The lowest BCUT2D eigenvalue weighted by Gasteiger charge is -2.09. The highest BCUT2D eigenvalue weighted by Crippen LogP contribution is 2.24. The van der Waals surface area contributed by atoms with Gasteiger partial charge in [-0.1, -0.05) is 76.8 Å². The van der Waals surface area contributed by atoms with Crippen molar-refractivity contribution < 1.29 is 9.72 Å². The van der Waals surface area contributed by atoms with Crippen molar-refractivity contribution in [1.82, 2.24) is 0 Å². The molecule has 0 saturated heterocycles. The van der Waals surface area contributed by atoms with Crippen LogP contribution in [0.2, 0.25) is 0 Å². The highest BCUT2D eigenvalue weighted by atomic mass is 16.6. The standard InChI is InChI=1S/C21H21N3O3.2C2H6/c1-3-5-8-17(4-2)21(25)23-18-13-11-16(12-14-18)15-22-19-9-6-7-10-20(19)24(26)27;2*1-2/h3-14,22H,1,15H2,2H3,(H,23,25);2*1-2H3/b8-5-,17-4+;;. The molecule has 0 radical (unpaired) electrons. The Morgan fingerprint density at radius 2 is 1.68 bits per heavy atom. The number of nitro groups is 1. The molecule has 1 amide bonds. The topological polar surface area (TPSA) is 84.3 Å². The number of carbonyl (C=O) groups is 1. The summed E-state index contributed by atoms with van der Waals surface area (Å²) in [4.78, 5) is 22.8. The van der Waals surface area contributed by atoms with Gasteiger partial charge < -0.3 is 10.6 Å². The summed E-state index contributed by atoms with van der Waals surface area (Å²) in [6.45, 7) is 13.8. The number of para-hydroxylation sites is 2. The molecule has 0 heterocycles. The van der Waals surface area contributed by atoms with E-state index in [-0.39, 0.29) is 11.6 Å². The van der Waals surface area contributed by atoms with Gasteiger partial charge in [0.15, 0.2) is 0 Å². The summed E-state index contributed by atoms with van der Waals surface area (Å²) in [7, 11) is 0. The van der Waals surface area contributed by atoms with Crippen molar-refractivity contribution in [3.63, 3.8) is 0 Å². The number of nitrogens with zero attached hydrogens (tertiary/aromatic N) is 1. The lowest BCUT2D eigenvalue weighted by atomic mass is 10.1. The summed E-state index contributed by atoms with van der Waals surface area (Å²) >= 11 is 0. The Morgan fingerprint density at radius 1 is 1.06 bits per heavy atom. The largest absolute Gasteiger partial charge is 0.375 e. The predicted molar refractivity (Wildman–Crippen MR) is 131 cm³/mol. The van der Waals surface area contributed by atoms with Gasteiger partial charge in [-0.15, -0.1) is 0 Å². The second kappa shape index (κ2) is 16.2. The van der Waals surface area contributed by atoms with E-state index in [1.165, 1.54) is 6.07 Å². The molecular weight excluding hydrogens is 390 g/mol. The molecule has 31 heavy (non-hydrogen) atoms. The average Bonchev–Trinajstić information content (AvgIpc) is 2.82. The average molecular weight is 424 g/mol. The molecule has 0 aliphatic carbocycles. The van der Waals surface area contributed by atoms with Gasteiger partial charge in [0.1, 0.15) is 5.69 Å². The second-order valence-electron chi connectivity index (χ2n) is 5.62. The van der Waals surface area contributed by atoms with E-state index in [1.807, 2.05) is 39.8 Å². The first-order chi connectivity index (χ1) is 15.0. The maximum absolute atomic E-state index is 12.2. The number of hydrogen-bond acceptors (Lipinski definition) is 4. The Bertz CT molecular complexity index is 885. The summed E-state index contributed by atoms with van der Waals surface area (Å²) < 4.78 is 0. The number of hydrogen-bond donors (Lipinski definition) is 2. The van der Waals surface area contributed by atoms with Crippen molar-refractivity contribution in [2.75, 3.05) is 10.6 Å². The second-order valence-corrected chi connectivity index (χ2v) is 5.62. The molecule has 2 aromatic carbocycles. The minimum Gasteiger partial charge on any atom is -0.375 e. The molecule has 0 fully saturated rings. The van der Waals surface area contributed by atoms with Gasteiger partial charge in [0, 0.05) is 23.9 Å². The molecule has 0 atom stereocenters. The number of benzene rings is 2. The highest BCUT2D eigenvalue weighted by molar-refractivity contribution is 6.05. The van der Waals surface area contributed by atoms with Gasteiger partial charge >= 0.3 is 0 Å². The molecule has 0 unspecified atom stereocenters. The van der Waals surface area contributed by atoms with Crippen molar-refractivity contribution in [3.05, 3.63) is 101 Å². The molecule has 6 heteroatoms. The van der Waals surface area contributed by atoms with Crippen molar-refractivity contribution in [3.8, 4) is 0 Å². The van der Waals surface area contributed by atoms with Crippen LogP contribution in [0, 0.1) is 10.1 Å². The summed E-state index contributed by atoms with van der Waals surface area (Å²) in [5, 5.41) is 16.9. The predicted octanol–water partition coefficient (Wildman–Crippen LogP) is 6.89. The zero-order valence-corrected chi connectivity index (χ0v) is 19.0. The lowest BCUT2D eigenvalue weighted by Crippen LogP contribution is -2.13. The molecule has 2 rings (SSSR count). The molecule has 2 aromatic rings. The molecule has 0 aromatic heterocycles. The highest BCUT2D eigenvalue weighted by Gasteiger charge is 2.11. The minimum atomic E-state index is -0.416. The van der Waals surface area contributed by atoms with E-state index >= 15 is 0 Å².